The molecule has 38 heavy (non-hydrogen) atoms. The molecule has 1 unspecified atom stereocenters. The minimum atomic E-state index is -0.700. The number of amides is 2. The molecule has 10 heteroatoms. The van der Waals surface area contributed by atoms with E-state index in [1.54, 1.807) is 31.2 Å². The van der Waals surface area contributed by atoms with E-state index in [-0.39, 0.29) is 41.5 Å². The molecule has 2 amide bonds. The number of hydrogen-bond donors (Lipinski definition) is 0. The Morgan fingerprint density at radius 1 is 0.947 bits per heavy atom. The van der Waals surface area contributed by atoms with Gasteiger partial charge in [0.1, 0.15) is 5.75 Å². The number of esters is 2. The Balaban J connectivity index is 1.33. The molecule has 0 radical (unpaired) electrons. The van der Waals surface area contributed by atoms with Crippen LogP contribution in [0.3, 0.4) is 0 Å². The van der Waals surface area contributed by atoms with Gasteiger partial charge in [-0.25, -0.2) is 9.69 Å². The molecule has 0 spiro atoms. The van der Waals surface area contributed by atoms with Crippen LogP contribution in [0.25, 0.3) is 0 Å². The predicted octanol–water partition coefficient (Wildman–Crippen LogP) is 2.64. The third-order valence-corrected chi connectivity index (χ3v) is 6.80. The first-order chi connectivity index (χ1) is 18.3. The van der Waals surface area contributed by atoms with Gasteiger partial charge >= 0.3 is 11.9 Å². The lowest BCUT2D eigenvalue weighted by molar-refractivity contribution is -0.149. The molecule has 2 aromatic rings. The summed E-state index contributed by atoms with van der Waals surface area (Å²) in [5, 5.41) is 0. The highest BCUT2D eigenvalue weighted by atomic mass is 16.5. The van der Waals surface area contributed by atoms with Gasteiger partial charge in [0.25, 0.3) is 5.91 Å². The molecule has 0 saturated carbocycles. The summed E-state index contributed by atoms with van der Waals surface area (Å²) in [7, 11) is 1.49. The molecule has 0 aromatic heterocycles. The number of piperidine rings is 1. The van der Waals surface area contributed by atoms with Crippen LogP contribution in [0.4, 0.5) is 5.69 Å². The van der Waals surface area contributed by atoms with E-state index in [2.05, 4.69) is 0 Å². The molecular weight excluding hydrogens is 492 g/mol. The maximum atomic E-state index is 13.1. The van der Waals surface area contributed by atoms with Crippen molar-refractivity contribution in [2.75, 3.05) is 38.3 Å². The molecule has 0 N–H and O–H groups in total. The van der Waals surface area contributed by atoms with Gasteiger partial charge in [0.05, 0.1) is 43.3 Å². The van der Waals surface area contributed by atoms with Crippen molar-refractivity contribution >= 4 is 35.2 Å². The molecule has 2 aromatic carbocycles. The van der Waals surface area contributed by atoms with E-state index in [4.69, 9.17) is 14.2 Å². The van der Waals surface area contributed by atoms with E-state index in [1.807, 2.05) is 4.90 Å². The lowest BCUT2D eigenvalue weighted by Crippen LogP contribution is -2.47. The van der Waals surface area contributed by atoms with Crippen LogP contribution < -0.4 is 9.64 Å². The average Bonchev–Trinajstić information content (AvgIpc) is 3.25. The van der Waals surface area contributed by atoms with E-state index in [1.165, 1.54) is 31.4 Å². The van der Waals surface area contributed by atoms with Crippen molar-refractivity contribution in [2.45, 2.75) is 32.2 Å². The number of likely N-dealkylation sites (tertiary alicyclic amines) is 1. The van der Waals surface area contributed by atoms with Crippen molar-refractivity contribution in [2.24, 2.45) is 5.92 Å². The molecule has 2 aliphatic heterocycles. The number of imide groups is 1. The quantitative estimate of drug-likeness (QED) is 0.278. The van der Waals surface area contributed by atoms with Gasteiger partial charge in [-0.05, 0) is 69.3 Å². The summed E-state index contributed by atoms with van der Waals surface area (Å²) < 4.78 is 15.3. The third-order valence-electron chi connectivity index (χ3n) is 6.80. The first kappa shape index (κ1) is 27.0. The Morgan fingerprint density at radius 3 is 2.32 bits per heavy atom. The smallest absolute Gasteiger partial charge is 0.338 e. The molecule has 2 heterocycles. The highest BCUT2D eigenvalue weighted by Gasteiger charge is 2.44. The fraction of sp³-hybridized carbons (Fsp3) is 0.393. The van der Waals surface area contributed by atoms with Crippen LogP contribution in [0.2, 0.25) is 0 Å². The number of rotatable bonds is 9. The number of anilines is 1. The van der Waals surface area contributed by atoms with E-state index in [9.17, 15) is 24.0 Å². The number of carbonyl (C=O) groups excluding carboxylic acids is 5. The summed E-state index contributed by atoms with van der Waals surface area (Å²) in [6, 6.07) is 11.9. The zero-order chi connectivity index (χ0) is 27.2. The summed E-state index contributed by atoms with van der Waals surface area (Å²) in [4.78, 5) is 65.8. The SMILES string of the molecule is CCOC(=O)C1CCN(C2CC(=O)N(c3ccc(C(=O)OCC(=O)c4cccc(OC)c4)cc3)C2=O)CC1. The summed E-state index contributed by atoms with van der Waals surface area (Å²) >= 11 is 0. The highest BCUT2D eigenvalue weighted by Crippen LogP contribution is 2.29. The van der Waals surface area contributed by atoms with Crippen LogP contribution in [0, 0.1) is 5.92 Å². The van der Waals surface area contributed by atoms with Crippen LogP contribution in [0.1, 0.15) is 46.9 Å². The fourth-order valence-corrected chi connectivity index (χ4v) is 4.72. The molecule has 0 aliphatic carbocycles. The molecule has 4 rings (SSSR count). The van der Waals surface area contributed by atoms with Crippen molar-refractivity contribution in [1.29, 1.82) is 0 Å². The molecule has 0 bridgehead atoms. The second-order valence-corrected chi connectivity index (χ2v) is 9.13. The molecule has 200 valence electrons. The van der Waals surface area contributed by atoms with Gasteiger partial charge < -0.3 is 14.2 Å². The van der Waals surface area contributed by atoms with E-state index >= 15 is 0 Å². The Kier molecular flexibility index (Phi) is 8.52. The van der Waals surface area contributed by atoms with Gasteiger partial charge in [0, 0.05) is 5.56 Å². The lowest BCUT2D eigenvalue weighted by Gasteiger charge is -2.33. The molecule has 10 nitrogen and oxygen atoms in total. The maximum Gasteiger partial charge on any atom is 0.338 e. The zero-order valence-corrected chi connectivity index (χ0v) is 21.4. The minimum Gasteiger partial charge on any atom is -0.497 e. The highest BCUT2D eigenvalue weighted by molar-refractivity contribution is 6.22. The molecular formula is C28H30N2O8. The number of nitrogens with zero attached hydrogens (tertiary/aromatic N) is 2. The Bertz CT molecular complexity index is 1220. The first-order valence-electron chi connectivity index (χ1n) is 12.5. The topological polar surface area (TPSA) is 120 Å². The first-order valence-corrected chi connectivity index (χ1v) is 12.5. The lowest BCUT2D eigenvalue weighted by atomic mass is 9.95. The Hall–Kier alpha value is -4.05. The predicted molar refractivity (Wildman–Crippen MR) is 136 cm³/mol. The number of ether oxygens (including phenoxy) is 3. The second kappa shape index (κ2) is 12.0. The van der Waals surface area contributed by atoms with Crippen molar-refractivity contribution in [3.63, 3.8) is 0 Å². The van der Waals surface area contributed by atoms with Crippen molar-refractivity contribution < 1.29 is 38.2 Å². The number of carbonyl (C=O) groups is 5. The van der Waals surface area contributed by atoms with Gasteiger partial charge in [0.15, 0.2) is 12.4 Å². The van der Waals surface area contributed by atoms with Gasteiger partial charge in [-0.1, -0.05) is 12.1 Å². The molecule has 1 atom stereocenters. The fourth-order valence-electron chi connectivity index (χ4n) is 4.72. The van der Waals surface area contributed by atoms with Crippen LogP contribution in [0.5, 0.6) is 5.75 Å². The number of hydrogen-bond acceptors (Lipinski definition) is 9. The van der Waals surface area contributed by atoms with Gasteiger partial charge in [0.2, 0.25) is 5.91 Å². The summed E-state index contributed by atoms with van der Waals surface area (Å²) in [5.41, 5.74) is 0.898. The summed E-state index contributed by atoms with van der Waals surface area (Å²) in [6.45, 7) is 2.72. The largest absolute Gasteiger partial charge is 0.497 e. The Labute approximate surface area is 220 Å². The van der Waals surface area contributed by atoms with E-state index in [0.717, 1.165) is 4.90 Å². The number of methoxy groups -OCH3 is 1. The van der Waals surface area contributed by atoms with Crippen molar-refractivity contribution in [3.05, 3.63) is 59.7 Å². The van der Waals surface area contributed by atoms with Crippen molar-refractivity contribution in [3.8, 4) is 5.75 Å². The van der Waals surface area contributed by atoms with Gasteiger partial charge in [-0.15, -0.1) is 0 Å². The van der Waals surface area contributed by atoms with Crippen LogP contribution in [-0.2, 0) is 23.9 Å². The van der Waals surface area contributed by atoms with E-state index in [0.29, 0.717) is 49.5 Å². The monoisotopic (exact) mass is 522 g/mol. The molecule has 2 aliphatic rings. The normalized spacial score (nSPS) is 18.4. The second-order valence-electron chi connectivity index (χ2n) is 9.13. The van der Waals surface area contributed by atoms with Crippen LogP contribution in [0.15, 0.2) is 48.5 Å². The maximum absolute atomic E-state index is 13.1. The van der Waals surface area contributed by atoms with Gasteiger partial charge in [-0.2, -0.15) is 0 Å². The zero-order valence-electron chi connectivity index (χ0n) is 21.4. The van der Waals surface area contributed by atoms with Crippen LogP contribution >= 0.6 is 0 Å². The Morgan fingerprint density at radius 2 is 1.66 bits per heavy atom. The van der Waals surface area contributed by atoms with Crippen molar-refractivity contribution in [1.82, 2.24) is 4.90 Å². The summed E-state index contributed by atoms with van der Waals surface area (Å²) in [6.07, 6.45) is 1.21. The van der Waals surface area contributed by atoms with Gasteiger partial charge in [-0.3, -0.25) is 24.1 Å². The number of benzene rings is 2. The third kappa shape index (κ3) is 5.91. The molecule has 2 fully saturated rings. The summed E-state index contributed by atoms with van der Waals surface area (Å²) in [5.74, 6) is -1.62. The molecule has 2 saturated heterocycles. The number of ketones is 1. The van der Waals surface area contributed by atoms with E-state index < -0.39 is 18.6 Å². The average molecular weight is 523 g/mol. The van der Waals surface area contributed by atoms with Crippen LogP contribution in [-0.4, -0.2) is 73.9 Å². The standard InChI is InChI=1S/C28H30N2O8/c1-3-37-27(34)19-11-13-29(14-12-19)23-16-25(32)30(26(23)33)21-9-7-18(8-10-21)28(35)38-17-24(31)20-5-4-6-22(15-20)36-2/h4-10,15,19,23H,3,11-14,16-17H2,1-2H3. The minimum absolute atomic E-state index is 0.0546. The number of Topliss-reactive ketones (excluding diaryl/α,β-unsaturated/α-hetero) is 1.